The van der Waals surface area contributed by atoms with Gasteiger partial charge in [-0.15, -0.1) is 0 Å². The Kier molecular flexibility index (Phi) is 4.62. The van der Waals surface area contributed by atoms with Gasteiger partial charge in [0.2, 0.25) is 0 Å². The Labute approximate surface area is 170 Å². The van der Waals surface area contributed by atoms with Crippen LogP contribution in [-0.2, 0) is 14.6 Å². The fraction of sp³-hybridized carbons (Fsp3) is 0.316. The van der Waals surface area contributed by atoms with Crippen molar-refractivity contribution in [2.45, 2.75) is 16.1 Å². The van der Waals surface area contributed by atoms with Crippen LogP contribution >= 0.6 is 15.9 Å². The van der Waals surface area contributed by atoms with Crippen LogP contribution in [0.3, 0.4) is 0 Å². The summed E-state index contributed by atoms with van der Waals surface area (Å²) < 4.78 is 46.2. The zero-order valence-electron chi connectivity index (χ0n) is 14.6. The Balaban J connectivity index is 1.92. The largest absolute Gasteiger partial charge is 0.493 e. The summed E-state index contributed by atoms with van der Waals surface area (Å²) in [6.07, 6.45) is -0.990. The SMILES string of the molecule is O=C(O)N1CCC2(S(=O)(=O)c3ccc(F)cc3)c3ccc(Br)cc3OCC2C1. The number of rotatable bonds is 2. The first-order valence-electron chi connectivity index (χ1n) is 8.66. The molecule has 148 valence electrons. The maximum Gasteiger partial charge on any atom is 0.407 e. The van der Waals surface area contributed by atoms with Crippen LogP contribution in [0.25, 0.3) is 0 Å². The van der Waals surface area contributed by atoms with E-state index in [4.69, 9.17) is 4.74 Å². The highest BCUT2D eigenvalue weighted by Gasteiger charge is 2.58. The molecule has 0 aliphatic carbocycles. The molecule has 2 aromatic carbocycles. The Morgan fingerprint density at radius 3 is 2.64 bits per heavy atom. The second kappa shape index (κ2) is 6.73. The van der Waals surface area contributed by atoms with E-state index in [-0.39, 0.29) is 31.0 Å². The molecular weight excluding hydrogens is 453 g/mol. The molecule has 2 aliphatic heterocycles. The van der Waals surface area contributed by atoms with Crippen LogP contribution in [-0.4, -0.2) is 44.2 Å². The molecule has 2 aliphatic rings. The second-order valence-electron chi connectivity index (χ2n) is 6.97. The highest BCUT2D eigenvalue weighted by Crippen LogP contribution is 2.53. The summed E-state index contributed by atoms with van der Waals surface area (Å²) >= 11 is 3.37. The fourth-order valence-corrected chi connectivity index (χ4v) is 6.86. The topological polar surface area (TPSA) is 83.9 Å². The normalized spacial score (nSPS) is 24.1. The van der Waals surface area contributed by atoms with Gasteiger partial charge in [-0.2, -0.15) is 0 Å². The van der Waals surface area contributed by atoms with Gasteiger partial charge in [-0.1, -0.05) is 22.0 Å². The second-order valence-corrected chi connectivity index (χ2v) is 10.1. The van der Waals surface area contributed by atoms with Crippen LogP contribution in [0, 0.1) is 11.7 Å². The molecule has 4 rings (SSSR count). The molecule has 28 heavy (non-hydrogen) atoms. The van der Waals surface area contributed by atoms with E-state index in [2.05, 4.69) is 15.9 Å². The van der Waals surface area contributed by atoms with Crippen LogP contribution in [0.4, 0.5) is 9.18 Å². The number of piperidine rings is 1. The first-order valence-corrected chi connectivity index (χ1v) is 10.9. The first kappa shape index (κ1) is 19.2. The maximum atomic E-state index is 13.8. The van der Waals surface area contributed by atoms with Gasteiger partial charge in [0.05, 0.1) is 11.5 Å². The van der Waals surface area contributed by atoms with Crippen molar-refractivity contribution < 1.29 is 27.4 Å². The molecule has 1 saturated heterocycles. The summed E-state index contributed by atoms with van der Waals surface area (Å²) in [4.78, 5) is 12.7. The molecule has 0 radical (unpaired) electrons. The lowest BCUT2D eigenvalue weighted by atomic mass is 9.78. The van der Waals surface area contributed by atoms with Gasteiger partial charge in [0, 0.05) is 29.0 Å². The van der Waals surface area contributed by atoms with Crippen LogP contribution in [0.2, 0.25) is 0 Å². The third-order valence-corrected chi connectivity index (χ3v) is 8.67. The van der Waals surface area contributed by atoms with Crippen molar-refractivity contribution in [1.82, 2.24) is 4.90 Å². The van der Waals surface area contributed by atoms with E-state index in [1.807, 2.05) is 0 Å². The van der Waals surface area contributed by atoms with Gasteiger partial charge in [-0.3, -0.25) is 0 Å². The quantitative estimate of drug-likeness (QED) is 0.678. The molecule has 0 bridgehead atoms. The summed E-state index contributed by atoms with van der Waals surface area (Å²) in [5.74, 6) is -0.647. The number of hydrogen-bond acceptors (Lipinski definition) is 4. The number of likely N-dealkylation sites (tertiary alicyclic amines) is 1. The lowest BCUT2D eigenvalue weighted by Crippen LogP contribution is -2.58. The number of carboxylic acid groups (broad SMARTS) is 1. The van der Waals surface area contributed by atoms with Crippen molar-refractivity contribution in [1.29, 1.82) is 0 Å². The maximum absolute atomic E-state index is 13.8. The molecule has 6 nitrogen and oxygen atoms in total. The van der Waals surface area contributed by atoms with Gasteiger partial charge < -0.3 is 14.7 Å². The van der Waals surface area contributed by atoms with E-state index >= 15 is 0 Å². The summed E-state index contributed by atoms with van der Waals surface area (Å²) in [7, 11) is -3.96. The van der Waals surface area contributed by atoms with Gasteiger partial charge in [0.15, 0.2) is 9.84 Å². The minimum absolute atomic E-state index is 0.0124. The molecule has 1 amide bonds. The summed E-state index contributed by atoms with van der Waals surface area (Å²) in [5.41, 5.74) is 0.515. The van der Waals surface area contributed by atoms with Gasteiger partial charge >= 0.3 is 6.09 Å². The van der Waals surface area contributed by atoms with E-state index in [0.29, 0.717) is 11.3 Å². The standard InChI is InChI=1S/C19H17BrFNO5S/c20-13-1-6-16-17(9-13)27-11-12-10-22(18(23)24)8-7-19(12,16)28(25,26)15-4-2-14(21)3-5-15/h1-6,9,12H,7-8,10-11H2,(H,23,24). The summed E-state index contributed by atoms with van der Waals surface area (Å²) in [6.45, 7) is 0.209. The molecule has 0 saturated carbocycles. The summed E-state index contributed by atoms with van der Waals surface area (Å²) in [5, 5.41) is 9.38. The van der Waals surface area contributed by atoms with Crippen molar-refractivity contribution in [3.05, 3.63) is 58.3 Å². The van der Waals surface area contributed by atoms with Crippen molar-refractivity contribution >= 4 is 31.9 Å². The van der Waals surface area contributed by atoms with Gasteiger partial charge in [0.1, 0.15) is 16.3 Å². The van der Waals surface area contributed by atoms with E-state index in [1.165, 1.54) is 17.0 Å². The number of fused-ring (bicyclic) bond motifs is 3. The smallest absolute Gasteiger partial charge is 0.407 e. The highest BCUT2D eigenvalue weighted by molar-refractivity contribution is 9.10. The third-order valence-electron chi connectivity index (χ3n) is 5.57. The Hall–Kier alpha value is -2.13. The van der Waals surface area contributed by atoms with Gasteiger partial charge in [-0.25, -0.2) is 17.6 Å². The van der Waals surface area contributed by atoms with Crippen LogP contribution < -0.4 is 4.74 Å². The van der Waals surface area contributed by atoms with E-state index in [9.17, 15) is 22.7 Å². The third kappa shape index (κ3) is 2.79. The highest BCUT2D eigenvalue weighted by atomic mass is 79.9. The molecule has 1 N–H and O–H groups in total. The lowest BCUT2D eigenvalue weighted by Gasteiger charge is -2.49. The molecule has 2 heterocycles. The number of amides is 1. The Bertz CT molecular complexity index is 1040. The summed E-state index contributed by atoms with van der Waals surface area (Å²) in [6, 6.07) is 9.93. The van der Waals surface area contributed by atoms with Crippen molar-refractivity contribution in [2.75, 3.05) is 19.7 Å². The molecular formula is C19H17BrFNO5S. The molecule has 1 fully saturated rings. The van der Waals surface area contributed by atoms with Crippen LogP contribution in [0.15, 0.2) is 51.8 Å². The molecule has 2 aromatic rings. The number of benzene rings is 2. The van der Waals surface area contributed by atoms with Crippen LogP contribution in [0.5, 0.6) is 5.75 Å². The molecule has 2 unspecified atom stereocenters. The molecule has 0 spiro atoms. The van der Waals surface area contributed by atoms with Crippen molar-refractivity contribution in [3.63, 3.8) is 0 Å². The fourth-order valence-electron chi connectivity index (χ4n) is 4.20. The zero-order valence-corrected chi connectivity index (χ0v) is 17.0. The van der Waals surface area contributed by atoms with Crippen LogP contribution in [0.1, 0.15) is 12.0 Å². The minimum atomic E-state index is -3.96. The lowest BCUT2D eigenvalue weighted by molar-refractivity contribution is 0.0688. The number of nitrogens with zero attached hydrogens (tertiary/aromatic N) is 1. The van der Waals surface area contributed by atoms with E-state index in [0.717, 1.165) is 16.6 Å². The zero-order chi connectivity index (χ0) is 20.1. The predicted molar refractivity (Wildman–Crippen MR) is 103 cm³/mol. The number of halogens is 2. The molecule has 2 atom stereocenters. The monoisotopic (exact) mass is 469 g/mol. The first-order chi connectivity index (χ1) is 13.3. The van der Waals surface area contributed by atoms with E-state index < -0.39 is 32.4 Å². The number of hydrogen-bond donors (Lipinski definition) is 1. The van der Waals surface area contributed by atoms with Gasteiger partial charge in [-0.05, 0) is 42.8 Å². The predicted octanol–water partition coefficient (Wildman–Crippen LogP) is 3.65. The number of sulfone groups is 1. The average Bonchev–Trinajstić information content (AvgIpc) is 2.67. The van der Waals surface area contributed by atoms with Crippen molar-refractivity contribution in [3.8, 4) is 5.75 Å². The molecule has 9 heteroatoms. The van der Waals surface area contributed by atoms with Crippen molar-refractivity contribution in [2.24, 2.45) is 5.92 Å². The Morgan fingerprint density at radius 2 is 1.96 bits per heavy atom. The number of ether oxygens (including phenoxy) is 1. The van der Waals surface area contributed by atoms with Gasteiger partial charge in [0.25, 0.3) is 0 Å². The minimum Gasteiger partial charge on any atom is -0.493 e. The Morgan fingerprint density at radius 1 is 1.25 bits per heavy atom. The number of carbonyl (C=O) groups is 1. The average molecular weight is 470 g/mol. The van der Waals surface area contributed by atoms with E-state index in [1.54, 1.807) is 18.2 Å². The molecule has 0 aromatic heterocycles.